The van der Waals surface area contributed by atoms with Gasteiger partial charge >= 0.3 is 0 Å². The molecular formula is C24H25N5O3S2. The normalized spacial score (nSPS) is 15.6. The van der Waals surface area contributed by atoms with Crippen LogP contribution in [0.3, 0.4) is 0 Å². The molecule has 1 fully saturated rings. The van der Waals surface area contributed by atoms with Gasteiger partial charge in [-0.3, -0.25) is 14.4 Å². The molecule has 4 rings (SSSR count). The Hall–Kier alpha value is -3.24. The number of anilines is 1. The smallest absolute Gasteiger partial charge is 0.286 e. The van der Waals surface area contributed by atoms with Gasteiger partial charge in [-0.05, 0) is 48.9 Å². The molecule has 1 atom stereocenters. The van der Waals surface area contributed by atoms with Crippen molar-refractivity contribution in [3.05, 3.63) is 70.2 Å². The standard InChI is InChI=1S/C24H25N5O3S2/c1-33-19-11-9-16(10-12-19)14-25-20(30)17-6-5-13-29(15-17)24(32)23-28-27-22(34-23)21(31)26-18-7-3-2-4-8-18/h2-4,7-12,17H,5-6,13-15H2,1H3,(H,25,30)(H,26,31)/t17-/m0/s1. The highest BCUT2D eigenvalue weighted by molar-refractivity contribution is 7.98. The molecule has 34 heavy (non-hydrogen) atoms. The van der Waals surface area contributed by atoms with E-state index in [0.717, 1.165) is 29.7 Å². The molecule has 8 nitrogen and oxygen atoms in total. The van der Waals surface area contributed by atoms with Gasteiger partial charge in [0.2, 0.25) is 15.9 Å². The summed E-state index contributed by atoms with van der Waals surface area (Å²) in [5, 5.41) is 13.8. The summed E-state index contributed by atoms with van der Waals surface area (Å²) in [4.78, 5) is 40.9. The van der Waals surface area contributed by atoms with Crippen LogP contribution in [0, 0.1) is 5.92 Å². The first kappa shape index (κ1) is 23.9. The summed E-state index contributed by atoms with van der Waals surface area (Å²) < 4.78 is 0. The predicted octanol–water partition coefficient (Wildman–Crippen LogP) is 3.68. The lowest BCUT2D eigenvalue weighted by Gasteiger charge is -2.31. The minimum Gasteiger partial charge on any atom is -0.352 e. The van der Waals surface area contributed by atoms with E-state index in [9.17, 15) is 14.4 Å². The number of amides is 3. The SMILES string of the molecule is CSc1ccc(CNC(=O)[C@H]2CCCN(C(=O)c3nnc(C(=O)Nc4ccccc4)s3)C2)cc1. The highest BCUT2D eigenvalue weighted by Crippen LogP contribution is 2.21. The van der Waals surface area contributed by atoms with Crippen molar-refractivity contribution in [3.8, 4) is 0 Å². The second-order valence-corrected chi connectivity index (χ2v) is 9.75. The summed E-state index contributed by atoms with van der Waals surface area (Å²) in [7, 11) is 0. The van der Waals surface area contributed by atoms with Crippen LogP contribution in [-0.4, -0.2) is 52.2 Å². The van der Waals surface area contributed by atoms with E-state index < -0.39 is 5.91 Å². The van der Waals surface area contributed by atoms with Crippen molar-refractivity contribution in [1.29, 1.82) is 0 Å². The minimum absolute atomic E-state index is 0.0633. The number of rotatable bonds is 7. The number of thioether (sulfide) groups is 1. The molecule has 0 radical (unpaired) electrons. The van der Waals surface area contributed by atoms with E-state index >= 15 is 0 Å². The van der Waals surface area contributed by atoms with Gasteiger partial charge in [0, 0.05) is 30.2 Å². The molecule has 0 aliphatic carbocycles. The average molecular weight is 496 g/mol. The van der Waals surface area contributed by atoms with Gasteiger partial charge in [0.15, 0.2) is 0 Å². The Kier molecular flexibility index (Phi) is 7.91. The number of benzene rings is 2. The zero-order valence-corrected chi connectivity index (χ0v) is 20.3. The molecule has 3 aromatic rings. The van der Waals surface area contributed by atoms with Gasteiger partial charge < -0.3 is 15.5 Å². The van der Waals surface area contributed by atoms with Crippen LogP contribution in [0.15, 0.2) is 59.5 Å². The highest BCUT2D eigenvalue weighted by atomic mass is 32.2. The van der Waals surface area contributed by atoms with Crippen molar-refractivity contribution in [2.45, 2.75) is 24.3 Å². The lowest BCUT2D eigenvalue weighted by atomic mass is 9.97. The van der Waals surface area contributed by atoms with Gasteiger partial charge in [-0.25, -0.2) is 0 Å². The third kappa shape index (κ3) is 6.00. The first-order chi connectivity index (χ1) is 16.5. The molecule has 0 saturated carbocycles. The minimum atomic E-state index is -0.413. The van der Waals surface area contributed by atoms with Crippen LogP contribution in [0.4, 0.5) is 5.69 Å². The maximum atomic E-state index is 13.0. The molecule has 1 aliphatic heterocycles. The van der Waals surface area contributed by atoms with Crippen LogP contribution >= 0.6 is 23.1 Å². The van der Waals surface area contributed by atoms with E-state index in [1.807, 2.05) is 48.7 Å². The molecular weight excluding hydrogens is 470 g/mol. The quantitative estimate of drug-likeness (QED) is 0.485. The number of para-hydroxylation sites is 1. The summed E-state index contributed by atoms with van der Waals surface area (Å²) in [6.45, 7) is 1.32. The van der Waals surface area contributed by atoms with Crippen molar-refractivity contribution in [3.63, 3.8) is 0 Å². The Morgan fingerprint density at radius 3 is 2.53 bits per heavy atom. The van der Waals surface area contributed by atoms with Crippen LogP contribution in [-0.2, 0) is 11.3 Å². The fourth-order valence-electron chi connectivity index (χ4n) is 3.70. The molecule has 10 heteroatoms. The Labute approximate surface area is 206 Å². The van der Waals surface area contributed by atoms with Crippen molar-refractivity contribution in [2.75, 3.05) is 24.7 Å². The molecule has 1 aromatic heterocycles. The summed E-state index contributed by atoms with van der Waals surface area (Å²) >= 11 is 2.63. The number of nitrogens with zero attached hydrogens (tertiary/aromatic N) is 3. The van der Waals surface area contributed by atoms with Crippen LogP contribution in [0.1, 0.15) is 38.0 Å². The van der Waals surface area contributed by atoms with Crippen LogP contribution in [0.5, 0.6) is 0 Å². The Bertz CT molecular complexity index is 1150. The summed E-state index contributed by atoms with van der Waals surface area (Å²) in [6, 6.07) is 17.1. The number of piperidine rings is 1. The van der Waals surface area contributed by atoms with Gasteiger partial charge in [0.05, 0.1) is 5.92 Å². The number of carbonyl (C=O) groups is 3. The Morgan fingerprint density at radius 2 is 1.79 bits per heavy atom. The molecule has 1 saturated heterocycles. The Morgan fingerprint density at radius 1 is 1.06 bits per heavy atom. The topological polar surface area (TPSA) is 104 Å². The van der Waals surface area contributed by atoms with E-state index in [0.29, 0.717) is 25.3 Å². The third-order valence-corrected chi connectivity index (χ3v) is 7.19. The molecule has 0 spiro atoms. The van der Waals surface area contributed by atoms with Crippen molar-refractivity contribution >= 4 is 46.5 Å². The van der Waals surface area contributed by atoms with E-state index in [1.165, 1.54) is 4.90 Å². The largest absolute Gasteiger partial charge is 0.352 e. The fraction of sp³-hybridized carbons (Fsp3) is 0.292. The van der Waals surface area contributed by atoms with Crippen molar-refractivity contribution in [2.24, 2.45) is 5.92 Å². The number of likely N-dealkylation sites (tertiary alicyclic amines) is 1. The second-order valence-electron chi connectivity index (χ2n) is 7.89. The first-order valence-electron chi connectivity index (χ1n) is 10.9. The average Bonchev–Trinajstić information content (AvgIpc) is 3.38. The van der Waals surface area contributed by atoms with Crippen molar-refractivity contribution < 1.29 is 14.4 Å². The molecule has 2 N–H and O–H groups in total. The van der Waals surface area contributed by atoms with Crippen LogP contribution in [0.2, 0.25) is 0 Å². The van der Waals surface area contributed by atoms with Crippen LogP contribution in [0.25, 0.3) is 0 Å². The number of hydrogen-bond donors (Lipinski definition) is 2. The third-order valence-electron chi connectivity index (χ3n) is 5.54. The zero-order chi connectivity index (χ0) is 23.9. The van der Waals surface area contributed by atoms with E-state index in [1.54, 1.807) is 28.8 Å². The van der Waals surface area contributed by atoms with E-state index in [-0.39, 0.29) is 27.7 Å². The molecule has 2 heterocycles. The van der Waals surface area contributed by atoms with Crippen molar-refractivity contribution in [1.82, 2.24) is 20.4 Å². The van der Waals surface area contributed by atoms with Crippen LogP contribution < -0.4 is 10.6 Å². The Balaban J connectivity index is 1.32. The lowest BCUT2D eigenvalue weighted by Crippen LogP contribution is -2.45. The molecule has 3 amide bonds. The van der Waals surface area contributed by atoms with E-state index in [2.05, 4.69) is 20.8 Å². The summed E-state index contributed by atoms with van der Waals surface area (Å²) in [6.07, 6.45) is 3.48. The molecule has 0 unspecified atom stereocenters. The molecule has 176 valence electrons. The van der Waals surface area contributed by atoms with Gasteiger partial charge in [-0.15, -0.1) is 22.0 Å². The summed E-state index contributed by atoms with van der Waals surface area (Å²) in [5.74, 6) is -1.06. The molecule has 2 aromatic carbocycles. The maximum Gasteiger partial charge on any atom is 0.286 e. The highest BCUT2D eigenvalue weighted by Gasteiger charge is 2.30. The number of hydrogen-bond acceptors (Lipinski definition) is 7. The van der Waals surface area contributed by atoms with E-state index in [4.69, 9.17) is 0 Å². The van der Waals surface area contributed by atoms with Gasteiger partial charge in [-0.2, -0.15) is 0 Å². The predicted molar refractivity (Wildman–Crippen MR) is 133 cm³/mol. The van der Waals surface area contributed by atoms with Gasteiger partial charge in [-0.1, -0.05) is 41.7 Å². The number of aromatic nitrogens is 2. The summed E-state index contributed by atoms with van der Waals surface area (Å²) in [5.41, 5.74) is 1.67. The first-order valence-corrected chi connectivity index (χ1v) is 13.0. The lowest BCUT2D eigenvalue weighted by molar-refractivity contribution is -0.126. The van der Waals surface area contributed by atoms with Gasteiger partial charge in [0.1, 0.15) is 0 Å². The fourth-order valence-corrected chi connectivity index (χ4v) is 4.81. The zero-order valence-electron chi connectivity index (χ0n) is 18.7. The monoisotopic (exact) mass is 495 g/mol. The second kappa shape index (κ2) is 11.3. The molecule has 0 bridgehead atoms. The maximum absolute atomic E-state index is 13.0. The molecule has 1 aliphatic rings. The van der Waals surface area contributed by atoms with Gasteiger partial charge in [0.25, 0.3) is 11.8 Å². The number of nitrogens with one attached hydrogen (secondary N) is 2. The number of carbonyl (C=O) groups excluding carboxylic acids is 3.